The van der Waals surface area contributed by atoms with E-state index in [-0.39, 0.29) is 5.91 Å². The summed E-state index contributed by atoms with van der Waals surface area (Å²) in [6.07, 6.45) is 1.83. The second-order valence-electron chi connectivity index (χ2n) is 6.73. The molecule has 0 radical (unpaired) electrons. The van der Waals surface area contributed by atoms with Crippen molar-refractivity contribution >= 4 is 40.4 Å². The second-order valence-corrected chi connectivity index (χ2v) is 7.74. The number of amidine groups is 1. The number of hydrogen-bond donors (Lipinski definition) is 0. The van der Waals surface area contributed by atoms with Gasteiger partial charge in [-0.2, -0.15) is 0 Å². The highest BCUT2D eigenvalue weighted by Gasteiger charge is 2.34. The van der Waals surface area contributed by atoms with Crippen molar-refractivity contribution in [1.29, 1.82) is 0 Å². The van der Waals surface area contributed by atoms with Crippen molar-refractivity contribution in [2.75, 3.05) is 19.1 Å². The van der Waals surface area contributed by atoms with Crippen molar-refractivity contribution in [2.24, 2.45) is 4.99 Å². The Morgan fingerprint density at radius 1 is 0.968 bits per heavy atom. The molecular formula is C24H21N3O3S. The van der Waals surface area contributed by atoms with E-state index >= 15 is 0 Å². The lowest BCUT2D eigenvalue weighted by Crippen LogP contribution is -2.28. The summed E-state index contributed by atoms with van der Waals surface area (Å²) in [6, 6.07) is 20.6. The Kier molecular flexibility index (Phi) is 6.04. The standard InChI is InChI=1S/C24H21N3O3S/c1-16-8-7-11-22(25-16)26-24-27(18-9-5-4-6-10-18)23(28)21(31-24)15-17-12-13-19(29-2)20(14-17)30-3/h4-15H,1-3H3/b21-15-,26-24+. The van der Waals surface area contributed by atoms with Crippen LogP contribution in [0.3, 0.4) is 0 Å². The Morgan fingerprint density at radius 3 is 2.45 bits per heavy atom. The SMILES string of the molecule is COc1ccc(/C=C2\S/C(=N/c3cccc(C)n3)N(c3ccccc3)C2=O)cc1OC. The number of aromatic nitrogens is 1. The van der Waals surface area contributed by atoms with Crippen LogP contribution in [0.5, 0.6) is 11.5 Å². The van der Waals surface area contributed by atoms with Crippen LogP contribution in [-0.4, -0.2) is 30.3 Å². The van der Waals surface area contributed by atoms with Crippen LogP contribution in [-0.2, 0) is 4.79 Å². The molecule has 0 N–H and O–H groups in total. The minimum atomic E-state index is -0.141. The summed E-state index contributed by atoms with van der Waals surface area (Å²) in [6.45, 7) is 1.91. The van der Waals surface area contributed by atoms with E-state index in [0.717, 1.165) is 16.9 Å². The molecule has 1 saturated heterocycles. The van der Waals surface area contributed by atoms with Crippen molar-refractivity contribution in [3.8, 4) is 11.5 Å². The first-order valence-electron chi connectivity index (χ1n) is 9.62. The summed E-state index contributed by atoms with van der Waals surface area (Å²) in [5.41, 5.74) is 2.45. The van der Waals surface area contributed by atoms with Crippen molar-refractivity contribution < 1.29 is 14.3 Å². The van der Waals surface area contributed by atoms with Crippen LogP contribution in [0.2, 0.25) is 0 Å². The zero-order valence-electron chi connectivity index (χ0n) is 17.4. The van der Waals surface area contributed by atoms with Crippen LogP contribution in [0, 0.1) is 6.92 Å². The number of aryl methyl sites for hydroxylation is 1. The molecular weight excluding hydrogens is 410 g/mol. The molecule has 0 spiro atoms. The van der Waals surface area contributed by atoms with Gasteiger partial charge in [-0.25, -0.2) is 9.98 Å². The number of hydrogen-bond acceptors (Lipinski definition) is 6. The molecule has 31 heavy (non-hydrogen) atoms. The molecule has 2 heterocycles. The Hall–Kier alpha value is -3.58. The van der Waals surface area contributed by atoms with Gasteiger partial charge in [0.1, 0.15) is 0 Å². The third-order valence-corrected chi connectivity index (χ3v) is 5.58. The fourth-order valence-electron chi connectivity index (χ4n) is 3.14. The van der Waals surface area contributed by atoms with Crippen LogP contribution in [0.4, 0.5) is 11.5 Å². The number of thioether (sulfide) groups is 1. The lowest BCUT2D eigenvalue weighted by atomic mass is 10.2. The van der Waals surface area contributed by atoms with Gasteiger partial charge >= 0.3 is 0 Å². The van der Waals surface area contributed by atoms with Gasteiger partial charge in [0, 0.05) is 5.69 Å². The molecule has 3 aromatic rings. The molecule has 1 aromatic heterocycles. The first-order chi connectivity index (χ1) is 15.1. The fraction of sp³-hybridized carbons (Fsp3) is 0.125. The van der Waals surface area contributed by atoms with Gasteiger partial charge in [-0.3, -0.25) is 9.69 Å². The third kappa shape index (κ3) is 4.46. The van der Waals surface area contributed by atoms with E-state index in [1.165, 1.54) is 11.8 Å². The van der Waals surface area contributed by atoms with E-state index in [4.69, 9.17) is 9.47 Å². The van der Waals surface area contributed by atoms with Crippen molar-refractivity contribution in [3.05, 3.63) is 82.9 Å². The molecule has 0 atom stereocenters. The van der Waals surface area contributed by atoms with Crippen molar-refractivity contribution in [1.82, 2.24) is 4.98 Å². The Balaban J connectivity index is 1.76. The van der Waals surface area contributed by atoms with Crippen LogP contribution in [0.1, 0.15) is 11.3 Å². The number of para-hydroxylation sites is 1. The predicted octanol–water partition coefficient (Wildman–Crippen LogP) is 5.22. The molecule has 7 heteroatoms. The fourth-order valence-corrected chi connectivity index (χ4v) is 4.13. The number of ether oxygens (including phenoxy) is 2. The minimum absolute atomic E-state index is 0.141. The molecule has 1 amide bonds. The van der Waals surface area contributed by atoms with Crippen LogP contribution < -0.4 is 14.4 Å². The number of methoxy groups -OCH3 is 2. The molecule has 0 saturated carbocycles. The Morgan fingerprint density at radius 2 is 1.74 bits per heavy atom. The number of anilines is 1. The maximum atomic E-state index is 13.3. The number of carbonyl (C=O) groups excluding carboxylic acids is 1. The number of carbonyl (C=O) groups is 1. The first kappa shape index (κ1) is 20.7. The minimum Gasteiger partial charge on any atom is -0.493 e. The van der Waals surface area contributed by atoms with E-state index in [1.54, 1.807) is 19.1 Å². The summed E-state index contributed by atoms with van der Waals surface area (Å²) in [7, 11) is 3.17. The number of aliphatic imine (C=N–C) groups is 1. The summed E-state index contributed by atoms with van der Waals surface area (Å²) < 4.78 is 10.7. The molecule has 0 aliphatic carbocycles. The topological polar surface area (TPSA) is 64.0 Å². The van der Waals surface area contributed by atoms with E-state index < -0.39 is 0 Å². The average Bonchev–Trinajstić information content (AvgIpc) is 3.08. The molecule has 1 aliphatic rings. The Labute approximate surface area is 185 Å². The predicted molar refractivity (Wildman–Crippen MR) is 125 cm³/mol. The van der Waals surface area contributed by atoms with Gasteiger partial charge < -0.3 is 9.47 Å². The molecule has 4 rings (SSSR count). The van der Waals surface area contributed by atoms with Gasteiger partial charge in [-0.05, 0) is 66.7 Å². The monoisotopic (exact) mass is 431 g/mol. The maximum Gasteiger partial charge on any atom is 0.271 e. The van der Waals surface area contributed by atoms with E-state index in [0.29, 0.717) is 27.4 Å². The molecule has 156 valence electrons. The van der Waals surface area contributed by atoms with E-state index in [2.05, 4.69) is 9.98 Å². The number of rotatable bonds is 5. The van der Waals surface area contributed by atoms with Crippen molar-refractivity contribution in [2.45, 2.75) is 6.92 Å². The highest BCUT2D eigenvalue weighted by Crippen LogP contribution is 2.38. The van der Waals surface area contributed by atoms with Crippen molar-refractivity contribution in [3.63, 3.8) is 0 Å². The van der Waals surface area contributed by atoms with Gasteiger partial charge in [0.2, 0.25) is 0 Å². The van der Waals surface area contributed by atoms with Gasteiger partial charge in [-0.1, -0.05) is 30.3 Å². The van der Waals surface area contributed by atoms with Crippen LogP contribution in [0.25, 0.3) is 6.08 Å². The zero-order valence-corrected chi connectivity index (χ0v) is 18.2. The largest absolute Gasteiger partial charge is 0.493 e. The summed E-state index contributed by atoms with van der Waals surface area (Å²) in [4.78, 5) is 24.6. The average molecular weight is 432 g/mol. The van der Waals surface area contributed by atoms with Gasteiger partial charge in [0.05, 0.1) is 24.8 Å². The second kappa shape index (κ2) is 9.06. The summed E-state index contributed by atoms with van der Waals surface area (Å²) in [5, 5.41) is 0.557. The smallest absolute Gasteiger partial charge is 0.271 e. The molecule has 0 bridgehead atoms. The molecule has 2 aromatic carbocycles. The molecule has 1 aliphatic heterocycles. The van der Waals surface area contributed by atoms with Gasteiger partial charge in [0.25, 0.3) is 5.91 Å². The van der Waals surface area contributed by atoms with Crippen LogP contribution >= 0.6 is 11.8 Å². The lowest BCUT2D eigenvalue weighted by molar-refractivity contribution is -0.113. The highest BCUT2D eigenvalue weighted by atomic mass is 32.2. The zero-order chi connectivity index (χ0) is 21.8. The van der Waals surface area contributed by atoms with E-state index in [9.17, 15) is 4.79 Å². The third-order valence-electron chi connectivity index (χ3n) is 4.61. The number of amides is 1. The molecule has 0 unspecified atom stereocenters. The lowest BCUT2D eigenvalue weighted by Gasteiger charge is -2.15. The quantitative estimate of drug-likeness (QED) is 0.519. The number of benzene rings is 2. The van der Waals surface area contributed by atoms with Crippen LogP contribution in [0.15, 0.2) is 76.6 Å². The first-order valence-corrected chi connectivity index (χ1v) is 10.4. The molecule has 1 fully saturated rings. The van der Waals surface area contributed by atoms with E-state index in [1.807, 2.05) is 79.7 Å². The number of pyridine rings is 1. The summed E-state index contributed by atoms with van der Waals surface area (Å²) in [5.74, 6) is 1.65. The maximum absolute atomic E-state index is 13.3. The van der Waals surface area contributed by atoms with Gasteiger partial charge in [0.15, 0.2) is 22.5 Å². The van der Waals surface area contributed by atoms with Gasteiger partial charge in [-0.15, -0.1) is 0 Å². The summed E-state index contributed by atoms with van der Waals surface area (Å²) >= 11 is 1.32. The Bertz CT molecular complexity index is 1180. The normalized spacial score (nSPS) is 16.2. The number of nitrogens with zero attached hydrogens (tertiary/aromatic N) is 3. The molecule has 6 nitrogen and oxygen atoms in total. The highest BCUT2D eigenvalue weighted by molar-refractivity contribution is 8.19.